The lowest BCUT2D eigenvalue weighted by molar-refractivity contribution is 0.348. The Morgan fingerprint density at radius 1 is 1.18 bits per heavy atom. The van der Waals surface area contributed by atoms with Gasteiger partial charge in [0, 0.05) is 16.5 Å². The lowest BCUT2D eigenvalue weighted by Gasteiger charge is -2.33. The molecule has 0 spiro atoms. The third-order valence-corrected chi connectivity index (χ3v) is 4.11. The molecule has 0 atom stereocenters. The van der Waals surface area contributed by atoms with Crippen LogP contribution in [0.2, 0.25) is 0 Å². The number of hydrogen-bond donors (Lipinski definition) is 1. The first-order valence-corrected chi connectivity index (χ1v) is 5.96. The normalized spacial score (nSPS) is 17.7. The highest BCUT2D eigenvalue weighted by atomic mass is 16.5. The van der Waals surface area contributed by atoms with Crippen molar-refractivity contribution in [1.82, 2.24) is 0 Å². The standard InChI is InChI=1S/C14H21NO2/c1-13(2,14(15)7-8-14)11-9-10(16-3)5-6-12(11)17-4/h5-6,9H,7-8,15H2,1-4H3. The van der Waals surface area contributed by atoms with Gasteiger partial charge in [0.25, 0.3) is 0 Å². The van der Waals surface area contributed by atoms with Gasteiger partial charge >= 0.3 is 0 Å². The van der Waals surface area contributed by atoms with Crippen LogP contribution in [0, 0.1) is 0 Å². The quantitative estimate of drug-likeness (QED) is 0.872. The smallest absolute Gasteiger partial charge is 0.122 e. The summed E-state index contributed by atoms with van der Waals surface area (Å²) in [5.41, 5.74) is 7.29. The van der Waals surface area contributed by atoms with Gasteiger partial charge in [-0.2, -0.15) is 0 Å². The first-order chi connectivity index (χ1) is 7.94. The van der Waals surface area contributed by atoms with E-state index in [0.717, 1.165) is 29.9 Å². The molecule has 0 heterocycles. The molecule has 0 amide bonds. The predicted octanol–water partition coefficient (Wildman–Crippen LogP) is 2.47. The van der Waals surface area contributed by atoms with Crippen molar-refractivity contribution in [2.75, 3.05) is 14.2 Å². The van der Waals surface area contributed by atoms with Crippen molar-refractivity contribution in [3.63, 3.8) is 0 Å². The van der Waals surface area contributed by atoms with Gasteiger partial charge in [-0.05, 0) is 31.0 Å². The third kappa shape index (κ3) is 1.89. The third-order valence-electron chi connectivity index (χ3n) is 4.11. The van der Waals surface area contributed by atoms with Crippen molar-refractivity contribution >= 4 is 0 Å². The van der Waals surface area contributed by atoms with E-state index in [1.54, 1.807) is 14.2 Å². The van der Waals surface area contributed by atoms with E-state index in [9.17, 15) is 0 Å². The second kappa shape index (κ2) is 3.91. The van der Waals surface area contributed by atoms with Gasteiger partial charge in [-0.25, -0.2) is 0 Å². The van der Waals surface area contributed by atoms with Gasteiger partial charge in [-0.15, -0.1) is 0 Å². The first kappa shape index (κ1) is 12.2. The fourth-order valence-corrected chi connectivity index (χ4v) is 2.33. The highest BCUT2D eigenvalue weighted by Crippen LogP contribution is 2.51. The zero-order valence-electron chi connectivity index (χ0n) is 11.0. The lowest BCUT2D eigenvalue weighted by Crippen LogP contribution is -2.43. The molecule has 1 saturated carbocycles. The van der Waals surface area contributed by atoms with Gasteiger partial charge in [0.1, 0.15) is 11.5 Å². The molecule has 0 unspecified atom stereocenters. The van der Waals surface area contributed by atoms with E-state index in [1.165, 1.54) is 0 Å². The topological polar surface area (TPSA) is 44.5 Å². The van der Waals surface area contributed by atoms with Gasteiger partial charge in [-0.1, -0.05) is 13.8 Å². The molecular formula is C14H21NO2. The van der Waals surface area contributed by atoms with Crippen molar-refractivity contribution < 1.29 is 9.47 Å². The maximum absolute atomic E-state index is 6.38. The minimum atomic E-state index is -0.105. The SMILES string of the molecule is COc1ccc(OC)c(C(C)(C)C2(N)CC2)c1. The van der Waals surface area contributed by atoms with Crippen LogP contribution in [-0.2, 0) is 5.41 Å². The number of benzene rings is 1. The molecule has 94 valence electrons. The molecule has 1 aromatic rings. The maximum atomic E-state index is 6.38. The molecule has 0 bridgehead atoms. The molecule has 1 fully saturated rings. The molecule has 3 heteroatoms. The maximum Gasteiger partial charge on any atom is 0.122 e. The number of hydrogen-bond acceptors (Lipinski definition) is 3. The summed E-state index contributed by atoms with van der Waals surface area (Å²) in [6, 6.07) is 5.89. The highest BCUT2D eigenvalue weighted by Gasteiger charge is 2.52. The molecule has 1 aliphatic carbocycles. The molecule has 2 N–H and O–H groups in total. The van der Waals surface area contributed by atoms with E-state index in [1.807, 2.05) is 18.2 Å². The van der Waals surface area contributed by atoms with Crippen LogP contribution in [0.15, 0.2) is 18.2 Å². The van der Waals surface area contributed by atoms with Gasteiger partial charge in [-0.3, -0.25) is 0 Å². The summed E-state index contributed by atoms with van der Waals surface area (Å²) in [4.78, 5) is 0. The van der Waals surface area contributed by atoms with E-state index in [0.29, 0.717) is 0 Å². The first-order valence-electron chi connectivity index (χ1n) is 5.96. The van der Waals surface area contributed by atoms with Crippen LogP contribution in [0.4, 0.5) is 0 Å². The highest BCUT2D eigenvalue weighted by molar-refractivity contribution is 5.47. The van der Waals surface area contributed by atoms with Gasteiger partial charge in [0.15, 0.2) is 0 Å². The predicted molar refractivity (Wildman–Crippen MR) is 68.7 cm³/mol. The van der Waals surface area contributed by atoms with Crippen LogP contribution in [0.1, 0.15) is 32.3 Å². The Morgan fingerprint density at radius 3 is 2.29 bits per heavy atom. The summed E-state index contributed by atoms with van der Waals surface area (Å²) < 4.78 is 10.7. The Morgan fingerprint density at radius 2 is 1.82 bits per heavy atom. The van der Waals surface area contributed by atoms with E-state index in [4.69, 9.17) is 15.2 Å². The van der Waals surface area contributed by atoms with Gasteiger partial charge < -0.3 is 15.2 Å². The molecule has 3 nitrogen and oxygen atoms in total. The molecule has 17 heavy (non-hydrogen) atoms. The van der Waals surface area contributed by atoms with Crippen molar-refractivity contribution in [3.8, 4) is 11.5 Å². The fourth-order valence-electron chi connectivity index (χ4n) is 2.33. The minimum Gasteiger partial charge on any atom is -0.497 e. The largest absolute Gasteiger partial charge is 0.497 e. The number of rotatable bonds is 4. The van der Waals surface area contributed by atoms with E-state index in [-0.39, 0.29) is 11.0 Å². The lowest BCUT2D eigenvalue weighted by atomic mass is 9.75. The Kier molecular flexibility index (Phi) is 2.82. The summed E-state index contributed by atoms with van der Waals surface area (Å²) in [6.07, 6.45) is 2.14. The Bertz CT molecular complexity index is 422. The Labute approximate surface area is 103 Å². The molecule has 0 aromatic heterocycles. The average Bonchev–Trinajstić information content (AvgIpc) is 3.08. The van der Waals surface area contributed by atoms with Crippen molar-refractivity contribution in [3.05, 3.63) is 23.8 Å². The van der Waals surface area contributed by atoms with Crippen LogP contribution >= 0.6 is 0 Å². The Balaban J connectivity index is 2.48. The van der Waals surface area contributed by atoms with Crippen LogP contribution in [-0.4, -0.2) is 19.8 Å². The van der Waals surface area contributed by atoms with E-state index >= 15 is 0 Å². The molecule has 0 saturated heterocycles. The Hall–Kier alpha value is -1.22. The molecular weight excluding hydrogens is 214 g/mol. The molecule has 0 aliphatic heterocycles. The van der Waals surface area contributed by atoms with Crippen molar-refractivity contribution in [2.24, 2.45) is 5.73 Å². The van der Waals surface area contributed by atoms with Gasteiger partial charge in [0.05, 0.1) is 14.2 Å². The summed E-state index contributed by atoms with van der Waals surface area (Å²) in [5.74, 6) is 1.73. The number of nitrogens with two attached hydrogens (primary N) is 1. The monoisotopic (exact) mass is 235 g/mol. The van der Waals surface area contributed by atoms with E-state index < -0.39 is 0 Å². The number of methoxy groups -OCH3 is 2. The zero-order valence-corrected chi connectivity index (χ0v) is 11.0. The van der Waals surface area contributed by atoms with Gasteiger partial charge in [0.2, 0.25) is 0 Å². The molecule has 1 aromatic carbocycles. The van der Waals surface area contributed by atoms with Crippen LogP contribution in [0.3, 0.4) is 0 Å². The van der Waals surface area contributed by atoms with E-state index in [2.05, 4.69) is 13.8 Å². The fraction of sp³-hybridized carbons (Fsp3) is 0.571. The van der Waals surface area contributed by atoms with Crippen LogP contribution in [0.25, 0.3) is 0 Å². The molecule has 0 radical (unpaired) electrons. The average molecular weight is 235 g/mol. The second-order valence-electron chi connectivity index (χ2n) is 5.35. The van der Waals surface area contributed by atoms with Crippen molar-refractivity contribution in [1.29, 1.82) is 0 Å². The summed E-state index contributed by atoms with van der Waals surface area (Å²) >= 11 is 0. The molecule has 2 rings (SSSR count). The van der Waals surface area contributed by atoms with Crippen molar-refractivity contribution in [2.45, 2.75) is 37.6 Å². The minimum absolute atomic E-state index is 0.104. The van der Waals surface area contributed by atoms with Crippen LogP contribution < -0.4 is 15.2 Å². The summed E-state index contributed by atoms with van der Waals surface area (Å²) in [7, 11) is 3.37. The zero-order chi connectivity index (χ0) is 12.7. The molecule has 1 aliphatic rings. The number of ether oxygens (including phenoxy) is 2. The van der Waals surface area contributed by atoms with Crippen LogP contribution in [0.5, 0.6) is 11.5 Å². The summed E-state index contributed by atoms with van der Waals surface area (Å²) in [5, 5.41) is 0. The second-order valence-corrected chi connectivity index (χ2v) is 5.35. The summed E-state index contributed by atoms with van der Waals surface area (Å²) in [6.45, 7) is 4.36.